The second-order valence-electron chi connectivity index (χ2n) is 3.23. The summed E-state index contributed by atoms with van der Waals surface area (Å²) < 4.78 is 0.993. The van der Waals surface area contributed by atoms with E-state index in [1.165, 1.54) is 0 Å². The first-order valence-electron chi connectivity index (χ1n) is 4.47. The van der Waals surface area contributed by atoms with E-state index in [4.69, 9.17) is 0 Å². The Bertz CT molecular complexity index is 481. The first-order valence-corrected chi connectivity index (χ1v) is 5.26. The molecule has 0 spiro atoms. The van der Waals surface area contributed by atoms with Crippen LogP contribution in [0.25, 0.3) is 11.4 Å². The summed E-state index contributed by atoms with van der Waals surface area (Å²) in [5.74, 6) is 1.13. The number of rotatable bonds is 1. The lowest BCUT2D eigenvalue weighted by Gasteiger charge is -2.03. The van der Waals surface area contributed by atoms with Gasteiger partial charge in [0.25, 0.3) is 0 Å². The minimum Gasteiger partial charge on any atom is -0.131 e. The van der Waals surface area contributed by atoms with Crippen LogP contribution in [0.4, 0.5) is 0 Å². The van der Waals surface area contributed by atoms with Gasteiger partial charge in [-0.05, 0) is 31.5 Å². The molecule has 0 N–H and O–H groups in total. The molecule has 4 nitrogen and oxygen atoms in total. The first kappa shape index (κ1) is 10.2. The zero-order chi connectivity index (χ0) is 10.8. The standard InChI is InChI=1S/C10H9BrN4/c1-6-3-4-8(11)5-9(6)10-14-12-7(2)13-15-10/h3-5H,1-2H3. The van der Waals surface area contributed by atoms with Crippen LogP contribution >= 0.6 is 15.9 Å². The van der Waals surface area contributed by atoms with Crippen LogP contribution in [0.1, 0.15) is 11.4 Å². The quantitative estimate of drug-likeness (QED) is 0.793. The van der Waals surface area contributed by atoms with Gasteiger partial charge >= 0.3 is 0 Å². The van der Waals surface area contributed by atoms with Crippen molar-refractivity contribution in [1.82, 2.24) is 20.4 Å². The average Bonchev–Trinajstić information content (AvgIpc) is 2.23. The zero-order valence-electron chi connectivity index (χ0n) is 8.40. The van der Waals surface area contributed by atoms with Crippen LogP contribution in [-0.2, 0) is 0 Å². The highest BCUT2D eigenvalue weighted by atomic mass is 79.9. The molecule has 5 heteroatoms. The number of aromatic nitrogens is 4. The molecular formula is C10H9BrN4. The molecule has 0 saturated heterocycles. The Balaban J connectivity index is 2.53. The Labute approximate surface area is 95.9 Å². The summed E-state index contributed by atoms with van der Waals surface area (Å²) in [6, 6.07) is 5.94. The number of hydrogen-bond donors (Lipinski definition) is 0. The third-order valence-electron chi connectivity index (χ3n) is 2.02. The number of halogens is 1. The van der Waals surface area contributed by atoms with Gasteiger partial charge in [-0.1, -0.05) is 22.0 Å². The summed E-state index contributed by atoms with van der Waals surface area (Å²) in [5.41, 5.74) is 2.05. The van der Waals surface area contributed by atoms with E-state index in [1.807, 2.05) is 25.1 Å². The van der Waals surface area contributed by atoms with Crippen LogP contribution in [0, 0.1) is 13.8 Å². The predicted octanol–water partition coefficient (Wildman–Crippen LogP) is 2.31. The molecule has 2 aromatic rings. The molecule has 1 aromatic carbocycles. The van der Waals surface area contributed by atoms with Crippen molar-refractivity contribution in [3.05, 3.63) is 34.1 Å². The number of aryl methyl sites for hydroxylation is 2. The van der Waals surface area contributed by atoms with Crippen molar-refractivity contribution in [2.45, 2.75) is 13.8 Å². The highest BCUT2D eigenvalue weighted by molar-refractivity contribution is 9.10. The summed E-state index contributed by atoms with van der Waals surface area (Å²) in [7, 11) is 0. The largest absolute Gasteiger partial charge is 0.203 e. The zero-order valence-corrected chi connectivity index (χ0v) is 9.98. The van der Waals surface area contributed by atoms with Crippen LogP contribution in [0.3, 0.4) is 0 Å². The van der Waals surface area contributed by atoms with Gasteiger partial charge < -0.3 is 0 Å². The maximum absolute atomic E-state index is 4.01. The molecule has 0 atom stereocenters. The molecule has 2 rings (SSSR count). The Morgan fingerprint density at radius 3 is 2.33 bits per heavy atom. The van der Waals surface area contributed by atoms with E-state index < -0.39 is 0 Å². The van der Waals surface area contributed by atoms with E-state index in [-0.39, 0.29) is 0 Å². The monoisotopic (exact) mass is 264 g/mol. The molecule has 0 aliphatic carbocycles. The minimum absolute atomic E-state index is 0.555. The molecule has 0 amide bonds. The molecule has 0 aliphatic heterocycles. The Hall–Kier alpha value is -1.36. The SMILES string of the molecule is Cc1nnc(-c2cc(Br)ccc2C)nn1. The lowest BCUT2D eigenvalue weighted by atomic mass is 10.1. The second kappa shape index (κ2) is 4.02. The first-order chi connectivity index (χ1) is 7.16. The smallest absolute Gasteiger partial charge is 0.131 e. The van der Waals surface area contributed by atoms with E-state index in [2.05, 4.69) is 36.3 Å². The van der Waals surface area contributed by atoms with Gasteiger partial charge in [-0.3, -0.25) is 0 Å². The normalized spacial score (nSPS) is 10.3. The van der Waals surface area contributed by atoms with Gasteiger partial charge in [0.2, 0.25) is 5.82 Å². The summed E-state index contributed by atoms with van der Waals surface area (Å²) in [6.07, 6.45) is 0. The number of hydrogen-bond acceptors (Lipinski definition) is 4. The van der Waals surface area contributed by atoms with Crippen molar-refractivity contribution >= 4 is 15.9 Å². The molecule has 0 aliphatic rings. The summed E-state index contributed by atoms with van der Waals surface area (Å²) in [4.78, 5) is 0. The number of benzene rings is 1. The Kier molecular flexibility index (Phi) is 2.73. The lowest BCUT2D eigenvalue weighted by molar-refractivity contribution is 0.815. The van der Waals surface area contributed by atoms with Crippen LogP contribution in [0.2, 0.25) is 0 Å². The van der Waals surface area contributed by atoms with Gasteiger partial charge in [0.05, 0.1) is 0 Å². The van der Waals surface area contributed by atoms with E-state index in [9.17, 15) is 0 Å². The van der Waals surface area contributed by atoms with Crippen LogP contribution in [0.15, 0.2) is 22.7 Å². The fourth-order valence-electron chi connectivity index (χ4n) is 1.22. The third-order valence-corrected chi connectivity index (χ3v) is 2.51. The highest BCUT2D eigenvalue weighted by Crippen LogP contribution is 2.22. The fraction of sp³-hybridized carbons (Fsp3) is 0.200. The van der Waals surface area contributed by atoms with Gasteiger partial charge in [-0.15, -0.1) is 20.4 Å². The van der Waals surface area contributed by atoms with Gasteiger partial charge in [-0.25, -0.2) is 0 Å². The maximum Gasteiger partial charge on any atom is 0.203 e. The molecule has 1 heterocycles. The predicted molar refractivity (Wildman–Crippen MR) is 60.2 cm³/mol. The molecule has 0 radical (unpaired) electrons. The average molecular weight is 265 g/mol. The molecule has 15 heavy (non-hydrogen) atoms. The molecule has 0 bridgehead atoms. The summed E-state index contributed by atoms with van der Waals surface area (Å²) >= 11 is 3.41. The molecule has 0 fully saturated rings. The van der Waals surface area contributed by atoms with Gasteiger partial charge in [0.1, 0.15) is 0 Å². The minimum atomic E-state index is 0.555. The van der Waals surface area contributed by atoms with E-state index in [0.29, 0.717) is 11.6 Å². The molecule has 0 saturated carbocycles. The van der Waals surface area contributed by atoms with E-state index >= 15 is 0 Å². The van der Waals surface area contributed by atoms with E-state index in [0.717, 1.165) is 15.6 Å². The van der Waals surface area contributed by atoms with Crippen molar-refractivity contribution < 1.29 is 0 Å². The fourth-order valence-corrected chi connectivity index (χ4v) is 1.58. The highest BCUT2D eigenvalue weighted by Gasteiger charge is 2.06. The van der Waals surface area contributed by atoms with Gasteiger partial charge in [0.15, 0.2) is 5.82 Å². The summed E-state index contributed by atoms with van der Waals surface area (Å²) in [6.45, 7) is 3.77. The Morgan fingerprint density at radius 1 is 1.00 bits per heavy atom. The molecule has 1 aromatic heterocycles. The van der Waals surface area contributed by atoms with Crippen molar-refractivity contribution in [2.24, 2.45) is 0 Å². The van der Waals surface area contributed by atoms with E-state index in [1.54, 1.807) is 6.92 Å². The lowest BCUT2D eigenvalue weighted by Crippen LogP contribution is -1.99. The van der Waals surface area contributed by atoms with Crippen molar-refractivity contribution in [3.63, 3.8) is 0 Å². The molecule has 0 unspecified atom stereocenters. The van der Waals surface area contributed by atoms with Crippen LogP contribution < -0.4 is 0 Å². The van der Waals surface area contributed by atoms with Crippen molar-refractivity contribution in [1.29, 1.82) is 0 Å². The third kappa shape index (κ3) is 2.18. The topological polar surface area (TPSA) is 51.6 Å². The second-order valence-corrected chi connectivity index (χ2v) is 4.15. The number of nitrogens with zero attached hydrogens (tertiary/aromatic N) is 4. The molecular weight excluding hydrogens is 256 g/mol. The molecule has 76 valence electrons. The maximum atomic E-state index is 4.01. The van der Waals surface area contributed by atoms with Gasteiger partial charge in [-0.2, -0.15) is 0 Å². The van der Waals surface area contributed by atoms with Crippen LogP contribution in [0.5, 0.6) is 0 Å². The van der Waals surface area contributed by atoms with Gasteiger partial charge in [0, 0.05) is 10.0 Å². The van der Waals surface area contributed by atoms with Crippen molar-refractivity contribution in [3.8, 4) is 11.4 Å². The van der Waals surface area contributed by atoms with Crippen molar-refractivity contribution in [2.75, 3.05) is 0 Å². The summed E-state index contributed by atoms with van der Waals surface area (Å²) in [5, 5.41) is 15.8. The van der Waals surface area contributed by atoms with Crippen LogP contribution in [-0.4, -0.2) is 20.4 Å². The Morgan fingerprint density at radius 2 is 1.67 bits per heavy atom.